The average Bonchev–Trinajstić information content (AvgIpc) is 2.43. The van der Waals surface area contributed by atoms with Crippen LogP contribution < -0.4 is 0 Å². The van der Waals surface area contributed by atoms with E-state index in [9.17, 15) is 0 Å². The van der Waals surface area contributed by atoms with Crippen molar-refractivity contribution in [3.8, 4) is 0 Å². The molecule has 0 spiro atoms. The van der Waals surface area contributed by atoms with Gasteiger partial charge in [-0.3, -0.25) is 0 Å². The summed E-state index contributed by atoms with van der Waals surface area (Å²) in [7, 11) is -2.38. The fourth-order valence-corrected chi connectivity index (χ4v) is 5.55. The molecule has 5 heteroatoms. The van der Waals surface area contributed by atoms with Gasteiger partial charge in [-0.25, -0.2) is 0 Å². The first-order chi connectivity index (χ1) is 9.74. The van der Waals surface area contributed by atoms with Gasteiger partial charge in [0.1, 0.15) is 0 Å². The molecule has 0 aliphatic heterocycles. The van der Waals surface area contributed by atoms with Crippen molar-refractivity contribution in [3.05, 3.63) is 0 Å². The summed E-state index contributed by atoms with van der Waals surface area (Å²) in [5.41, 5.74) is 0. The molecule has 0 rings (SSSR count). The van der Waals surface area contributed by atoms with Gasteiger partial charge in [-0.05, 0) is 38.0 Å². The molecule has 0 aromatic carbocycles. The van der Waals surface area contributed by atoms with Crippen LogP contribution in [0.3, 0.4) is 0 Å². The van der Waals surface area contributed by atoms with Gasteiger partial charge in [0.2, 0.25) is 0 Å². The SMILES string of the molecule is CCO[Si](CCCCCCCCCI)(OCC)OCC. The van der Waals surface area contributed by atoms with Crippen molar-refractivity contribution in [1.29, 1.82) is 0 Å². The topological polar surface area (TPSA) is 27.7 Å². The Bertz CT molecular complexity index is 189. The Morgan fingerprint density at radius 2 is 1.05 bits per heavy atom. The maximum Gasteiger partial charge on any atom is 0.500 e. The second-order valence-electron chi connectivity index (χ2n) is 4.90. The zero-order valence-electron chi connectivity index (χ0n) is 13.6. The van der Waals surface area contributed by atoms with Crippen molar-refractivity contribution in [3.63, 3.8) is 0 Å². The van der Waals surface area contributed by atoms with Gasteiger partial charge in [0.05, 0.1) is 0 Å². The molecule has 0 aromatic rings. The lowest BCUT2D eigenvalue weighted by Crippen LogP contribution is -2.45. The molecule has 20 heavy (non-hydrogen) atoms. The van der Waals surface area contributed by atoms with Crippen molar-refractivity contribution < 1.29 is 13.3 Å². The van der Waals surface area contributed by atoms with Crippen LogP contribution in [0.4, 0.5) is 0 Å². The zero-order chi connectivity index (χ0) is 15.1. The second kappa shape index (κ2) is 14.8. The number of alkyl halides is 1. The molecule has 0 saturated carbocycles. The van der Waals surface area contributed by atoms with E-state index in [4.69, 9.17) is 13.3 Å². The Kier molecular flexibility index (Phi) is 15.4. The molecule has 0 radical (unpaired) electrons. The highest BCUT2D eigenvalue weighted by Gasteiger charge is 2.39. The molecule has 0 atom stereocenters. The van der Waals surface area contributed by atoms with Crippen LogP contribution in [0.1, 0.15) is 65.7 Å². The molecule has 0 aliphatic rings. The summed E-state index contributed by atoms with van der Waals surface area (Å²) in [6.07, 6.45) is 9.27. The van der Waals surface area contributed by atoms with Crippen LogP contribution in [0.5, 0.6) is 0 Å². The third-order valence-corrected chi connectivity index (χ3v) is 7.12. The maximum atomic E-state index is 5.86. The molecule has 3 nitrogen and oxygen atoms in total. The highest BCUT2D eigenvalue weighted by molar-refractivity contribution is 14.1. The Morgan fingerprint density at radius 3 is 1.45 bits per heavy atom. The number of hydrogen-bond acceptors (Lipinski definition) is 3. The van der Waals surface area contributed by atoms with E-state index in [1.807, 2.05) is 20.8 Å². The summed E-state index contributed by atoms with van der Waals surface area (Å²) >= 11 is 2.46. The summed E-state index contributed by atoms with van der Waals surface area (Å²) in [6, 6.07) is 0.969. The first-order valence-corrected chi connectivity index (χ1v) is 11.7. The summed E-state index contributed by atoms with van der Waals surface area (Å²) in [6.45, 7) is 8.11. The van der Waals surface area contributed by atoms with Crippen LogP contribution in [0.2, 0.25) is 6.04 Å². The van der Waals surface area contributed by atoms with Crippen LogP contribution >= 0.6 is 22.6 Å². The lowest BCUT2D eigenvalue weighted by atomic mass is 10.1. The van der Waals surface area contributed by atoms with E-state index < -0.39 is 8.80 Å². The van der Waals surface area contributed by atoms with Gasteiger partial charge in [0.25, 0.3) is 0 Å². The summed E-state index contributed by atoms with van der Waals surface area (Å²) in [4.78, 5) is 0. The van der Waals surface area contributed by atoms with Crippen LogP contribution in [-0.2, 0) is 13.3 Å². The lowest BCUT2D eigenvalue weighted by molar-refractivity contribution is 0.0706. The summed E-state index contributed by atoms with van der Waals surface area (Å²) in [5.74, 6) is 0. The van der Waals surface area contributed by atoms with Crippen LogP contribution in [0.25, 0.3) is 0 Å². The molecule has 0 N–H and O–H groups in total. The third kappa shape index (κ3) is 10.5. The van der Waals surface area contributed by atoms with E-state index in [0.29, 0.717) is 19.8 Å². The predicted octanol–water partition coefficient (Wildman–Crippen LogP) is 5.20. The van der Waals surface area contributed by atoms with Gasteiger partial charge < -0.3 is 13.3 Å². The summed E-state index contributed by atoms with van der Waals surface area (Å²) < 4.78 is 18.9. The molecule has 0 bridgehead atoms. The standard InChI is InChI=1S/C15H33IO3Si/c1-4-17-20(18-5-2,19-6-3)15-13-11-9-7-8-10-12-14-16/h4-15H2,1-3H3. The second-order valence-corrected chi connectivity index (χ2v) is 8.71. The van der Waals surface area contributed by atoms with Gasteiger partial charge in [-0.1, -0.05) is 54.7 Å². The van der Waals surface area contributed by atoms with Crippen LogP contribution in [0, 0.1) is 0 Å². The highest BCUT2D eigenvalue weighted by atomic mass is 127. The molecule has 0 aromatic heterocycles. The molecule has 0 fully saturated rings. The van der Waals surface area contributed by atoms with E-state index in [-0.39, 0.29) is 0 Å². The van der Waals surface area contributed by atoms with Crippen molar-refractivity contribution in [2.24, 2.45) is 0 Å². The van der Waals surface area contributed by atoms with Crippen LogP contribution in [0.15, 0.2) is 0 Å². The van der Waals surface area contributed by atoms with Gasteiger partial charge >= 0.3 is 8.80 Å². The molecule has 0 saturated heterocycles. The third-order valence-electron chi connectivity index (χ3n) is 3.21. The maximum absolute atomic E-state index is 5.86. The van der Waals surface area contributed by atoms with Crippen molar-refractivity contribution in [2.75, 3.05) is 24.2 Å². The minimum absolute atomic E-state index is 0.683. The fraction of sp³-hybridized carbons (Fsp3) is 1.00. The molecule has 0 unspecified atom stereocenters. The highest BCUT2D eigenvalue weighted by Crippen LogP contribution is 2.20. The zero-order valence-corrected chi connectivity index (χ0v) is 16.7. The number of unbranched alkanes of at least 4 members (excludes halogenated alkanes) is 6. The normalized spacial score (nSPS) is 12.0. The van der Waals surface area contributed by atoms with Crippen molar-refractivity contribution in [1.82, 2.24) is 0 Å². The summed E-state index contributed by atoms with van der Waals surface area (Å²) in [5, 5.41) is 0. The number of hydrogen-bond donors (Lipinski definition) is 0. The molecule has 0 aliphatic carbocycles. The number of rotatable bonds is 15. The Balaban J connectivity index is 3.82. The quantitative estimate of drug-likeness (QED) is 0.159. The Labute approximate surface area is 140 Å². The van der Waals surface area contributed by atoms with Gasteiger partial charge in [-0.15, -0.1) is 0 Å². The molecule has 0 heterocycles. The monoisotopic (exact) mass is 416 g/mol. The Hall–Kier alpha value is 0.827. The van der Waals surface area contributed by atoms with Crippen LogP contribution in [-0.4, -0.2) is 33.1 Å². The van der Waals surface area contributed by atoms with Gasteiger partial charge in [-0.2, -0.15) is 0 Å². The van der Waals surface area contributed by atoms with E-state index in [0.717, 1.165) is 6.04 Å². The largest absolute Gasteiger partial charge is 0.500 e. The number of halogens is 1. The average molecular weight is 416 g/mol. The van der Waals surface area contributed by atoms with E-state index in [1.165, 1.54) is 49.4 Å². The smallest absolute Gasteiger partial charge is 0.374 e. The lowest BCUT2D eigenvalue weighted by Gasteiger charge is -2.28. The molecule has 122 valence electrons. The van der Waals surface area contributed by atoms with E-state index in [2.05, 4.69) is 22.6 Å². The Morgan fingerprint density at radius 1 is 0.650 bits per heavy atom. The molecular formula is C15H33IO3Si. The van der Waals surface area contributed by atoms with Gasteiger partial charge in [0.15, 0.2) is 0 Å². The predicted molar refractivity (Wildman–Crippen MR) is 96.6 cm³/mol. The fourth-order valence-electron chi connectivity index (χ4n) is 2.32. The van der Waals surface area contributed by atoms with E-state index >= 15 is 0 Å². The van der Waals surface area contributed by atoms with Gasteiger partial charge in [0, 0.05) is 25.9 Å². The van der Waals surface area contributed by atoms with Crippen molar-refractivity contribution in [2.45, 2.75) is 71.8 Å². The minimum atomic E-state index is -2.38. The molecule has 0 amide bonds. The van der Waals surface area contributed by atoms with E-state index in [1.54, 1.807) is 0 Å². The first kappa shape index (κ1) is 20.8. The van der Waals surface area contributed by atoms with Crippen molar-refractivity contribution >= 4 is 31.4 Å². The molecular weight excluding hydrogens is 383 g/mol. The minimum Gasteiger partial charge on any atom is -0.374 e. The first-order valence-electron chi connectivity index (χ1n) is 8.22.